The van der Waals surface area contributed by atoms with E-state index < -0.39 is 17.8 Å². The molecule has 1 aliphatic carbocycles. The highest BCUT2D eigenvalue weighted by Gasteiger charge is 2.39. The number of fused-ring (bicyclic) bond motifs is 1. The van der Waals surface area contributed by atoms with Gasteiger partial charge in [-0.15, -0.1) is 0 Å². The molecular weight excluding hydrogens is 288 g/mol. The van der Waals surface area contributed by atoms with E-state index in [0.717, 1.165) is 12.8 Å². The van der Waals surface area contributed by atoms with Crippen LogP contribution in [0.5, 0.6) is 0 Å². The average Bonchev–Trinajstić information content (AvgIpc) is 3.22. The zero-order valence-electron chi connectivity index (χ0n) is 11.3. The summed E-state index contributed by atoms with van der Waals surface area (Å²) in [4.78, 5) is 45.1. The first-order chi connectivity index (χ1) is 10.6. The van der Waals surface area contributed by atoms with Crippen molar-refractivity contribution < 1.29 is 23.6 Å². The Hall–Kier alpha value is -2.96. The zero-order valence-corrected chi connectivity index (χ0v) is 11.3. The number of amides is 2. The SMILES string of the molecule is O=C(ON1C(=O)c2ccccc2C1=O)c1coc(C2CC2)n1. The quantitative estimate of drug-likeness (QED) is 0.804. The summed E-state index contributed by atoms with van der Waals surface area (Å²) in [5.74, 6) is -1.50. The van der Waals surface area contributed by atoms with Crippen LogP contribution in [-0.2, 0) is 4.84 Å². The molecular formula is C15H10N2O5. The molecule has 22 heavy (non-hydrogen) atoms. The third-order valence-corrected chi connectivity index (χ3v) is 3.59. The van der Waals surface area contributed by atoms with Gasteiger partial charge in [0.05, 0.1) is 11.1 Å². The molecule has 1 fully saturated rings. The number of aromatic nitrogens is 1. The van der Waals surface area contributed by atoms with E-state index in [-0.39, 0.29) is 22.7 Å². The fourth-order valence-corrected chi connectivity index (χ4v) is 2.28. The van der Waals surface area contributed by atoms with E-state index in [0.29, 0.717) is 11.0 Å². The number of benzene rings is 1. The molecule has 1 aliphatic heterocycles. The highest BCUT2D eigenvalue weighted by Crippen LogP contribution is 2.39. The molecule has 0 spiro atoms. The van der Waals surface area contributed by atoms with Gasteiger partial charge in [-0.1, -0.05) is 17.2 Å². The number of hydrogen-bond donors (Lipinski definition) is 0. The van der Waals surface area contributed by atoms with Gasteiger partial charge < -0.3 is 9.25 Å². The number of carbonyl (C=O) groups excluding carboxylic acids is 3. The van der Waals surface area contributed by atoms with Crippen molar-refractivity contribution in [3.8, 4) is 0 Å². The lowest BCUT2D eigenvalue weighted by Crippen LogP contribution is -2.32. The molecule has 0 saturated heterocycles. The fourth-order valence-electron chi connectivity index (χ4n) is 2.28. The van der Waals surface area contributed by atoms with E-state index in [1.54, 1.807) is 12.1 Å². The molecule has 2 amide bonds. The predicted octanol–water partition coefficient (Wildman–Crippen LogP) is 1.92. The van der Waals surface area contributed by atoms with Crippen LogP contribution in [0.2, 0.25) is 0 Å². The maximum Gasteiger partial charge on any atom is 0.385 e. The van der Waals surface area contributed by atoms with Gasteiger partial charge in [0.2, 0.25) is 0 Å². The summed E-state index contributed by atoms with van der Waals surface area (Å²) >= 11 is 0. The third-order valence-electron chi connectivity index (χ3n) is 3.59. The van der Waals surface area contributed by atoms with Crippen LogP contribution in [0.25, 0.3) is 0 Å². The lowest BCUT2D eigenvalue weighted by Gasteiger charge is -2.11. The number of imide groups is 1. The van der Waals surface area contributed by atoms with Gasteiger partial charge in [-0.2, -0.15) is 0 Å². The number of oxazole rings is 1. The molecule has 2 heterocycles. The zero-order chi connectivity index (χ0) is 15.3. The molecule has 1 saturated carbocycles. The molecule has 0 radical (unpaired) electrons. The van der Waals surface area contributed by atoms with Crippen molar-refractivity contribution in [2.75, 3.05) is 0 Å². The maximum absolute atomic E-state index is 12.1. The minimum Gasteiger partial charge on any atom is -0.448 e. The molecule has 0 atom stereocenters. The first-order valence-electron chi connectivity index (χ1n) is 6.80. The van der Waals surface area contributed by atoms with Gasteiger partial charge in [0.1, 0.15) is 6.26 Å². The largest absolute Gasteiger partial charge is 0.448 e. The van der Waals surface area contributed by atoms with Crippen LogP contribution in [0.1, 0.15) is 55.9 Å². The van der Waals surface area contributed by atoms with Crippen LogP contribution < -0.4 is 0 Å². The van der Waals surface area contributed by atoms with E-state index in [9.17, 15) is 14.4 Å². The monoisotopic (exact) mass is 298 g/mol. The molecule has 0 bridgehead atoms. The molecule has 1 aromatic carbocycles. The summed E-state index contributed by atoms with van der Waals surface area (Å²) in [7, 11) is 0. The summed E-state index contributed by atoms with van der Waals surface area (Å²) < 4.78 is 5.19. The van der Waals surface area contributed by atoms with E-state index in [2.05, 4.69) is 4.98 Å². The topological polar surface area (TPSA) is 89.7 Å². The van der Waals surface area contributed by atoms with E-state index >= 15 is 0 Å². The fraction of sp³-hybridized carbons (Fsp3) is 0.200. The van der Waals surface area contributed by atoms with Crippen molar-refractivity contribution in [1.29, 1.82) is 0 Å². The van der Waals surface area contributed by atoms with Gasteiger partial charge in [0.25, 0.3) is 11.8 Å². The van der Waals surface area contributed by atoms with E-state index in [1.807, 2.05) is 0 Å². The molecule has 4 rings (SSSR count). The molecule has 7 nitrogen and oxygen atoms in total. The van der Waals surface area contributed by atoms with Gasteiger partial charge >= 0.3 is 5.97 Å². The van der Waals surface area contributed by atoms with Crippen molar-refractivity contribution >= 4 is 17.8 Å². The number of nitrogens with zero attached hydrogens (tertiary/aromatic N) is 2. The van der Waals surface area contributed by atoms with Gasteiger partial charge in [-0.3, -0.25) is 9.59 Å². The van der Waals surface area contributed by atoms with Crippen molar-refractivity contribution in [1.82, 2.24) is 10.0 Å². The lowest BCUT2D eigenvalue weighted by molar-refractivity contribution is -0.0588. The number of hydroxylamine groups is 2. The molecule has 2 aromatic rings. The Morgan fingerprint density at radius 3 is 2.41 bits per heavy atom. The molecule has 0 unspecified atom stereocenters. The number of rotatable bonds is 3. The Balaban J connectivity index is 1.55. The Morgan fingerprint density at radius 1 is 1.18 bits per heavy atom. The smallest absolute Gasteiger partial charge is 0.385 e. The second-order valence-corrected chi connectivity index (χ2v) is 5.17. The van der Waals surface area contributed by atoms with Crippen LogP contribution in [0.15, 0.2) is 34.9 Å². The standard InChI is InChI=1S/C15H10N2O5/c18-13-9-3-1-2-4-10(9)14(19)17(13)22-15(20)11-7-21-12(16-11)8-5-6-8/h1-4,7-8H,5-6H2. The molecule has 0 N–H and O–H groups in total. The number of carbonyl (C=O) groups is 3. The van der Waals surface area contributed by atoms with Gasteiger partial charge in [-0.25, -0.2) is 9.78 Å². The second kappa shape index (κ2) is 4.52. The Morgan fingerprint density at radius 2 is 1.82 bits per heavy atom. The summed E-state index contributed by atoms with van der Waals surface area (Å²) in [6.07, 6.45) is 3.13. The van der Waals surface area contributed by atoms with Crippen LogP contribution in [0.4, 0.5) is 0 Å². The lowest BCUT2D eigenvalue weighted by atomic mass is 10.1. The third kappa shape index (κ3) is 1.90. The van der Waals surface area contributed by atoms with Gasteiger partial charge in [0.15, 0.2) is 11.6 Å². The van der Waals surface area contributed by atoms with Crippen molar-refractivity contribution in [2.24, 2.45) is 0 Å². The van der Waals surface area contributed by atoms with Gasteiger partial charge in [-0.05, 0) is 25.0 Å². The number of hydrogen-bond acceptors (Lipinski definition) is 6. The van der Waals surface area contributed by atoms with E-state index in [1.165, 1.54) is 18.4 Å². The van der Waals surface area contributed by atoms with E-state index in [4.69, 9.17) is 9.25 Å². The molecule has 2 aliphatic rings. The minimum absolute atomic E-state index is 0.0570. The van der Waals surface area contributed by atoms with Crippen molar-refractivity contribution in [3.05, 3.63) is 53.2 Å². The summed E-state index contributed by atoms with van der Waals surface area (Å²) in [6.45, 7) is 0. The van der Waals surface area contributed by atoms with Gasteiger partial charge in [0, 0.05) is 5.92 Å². The van der Waals surface area contributed by atoms with Crippen molar-refractivity contribution in [2.45, 2.75) is 18.8 Å². The molecule has 110 valence electrons. The van der Waals surface area contributed by atoms with Crippen LogP contribution in [0, 0.1) is 0 Å². The summed E-state index contributed by atoms with van der Waals surface area (Å²) in [5, 5.41) is 0.457. The van der Waals surface area contributed by atoms with Crippen molar-refractivity contribution in [3.63, 3.8) is 0 Å². The molecule has 7 heteroatoms. The molecule has 1 aromatic heterocycles. The van der Waals surface area contributed by atoms with Crippen LogP contribution >= 0.6 is 0 Å². The Bertz CT molecular complexity index is 771. The first kappa shape index (κ1) is 12.8. The first-order valence-corrected chi connectivity index (χ1v) is 6.80. The van der Waals surface area contributed by atoms with Crippen LogP contribution in [-0.4, -0.2) is 27.8 Å². The Kier molecular flexibility index (Phi) is 2.62. The predicted molar refractivity (Wildman–Crippen MR) is 70.8 cm³/mol. The Labute approximate surface area is 124 Å². The summed E-state index contributed by atoms with van der Waals surface area (Å²) in [6, 6.07) is 6.28. The average molecular weight is 298 g/mol. The highest BCUT2D eigenvalue weighted by atomic mass is 16.7. The normalized spacial score (nSPS) is 16.8. The maximum atomic E-state index is 12.1. The minimum atomic E-state index is -0.898. The second-order valence-electron chi connectivity index (χ2n) is 5.17. The van der Waals surface area contributed by atoms with Crippen LogP contribution in [0.3, 0.4) is 0 Å². The highest BCUT2D eigenvalue weighted by molar-refractivity contribution is 6.21. The summed E-state index contributed by atoms with van der Waals surface area (Å²) in [5.41, 5.74) is 0.358.